The maximum Gasteiger partial charge on any atom is 0 e. The Kier molecular flexibility index (Phi) is 20.3. The Balaban J connectivity index is 0.000000722. The third-order valence-corrected chi connectivity index (χ3v) is 17.9. The second-order valence-electron chi connectivity index (χ2n) is 14.0. The number of fused-ring (bicyclic) bond motifs is 4. The second-order valence-corrected chi connectivity index (χ2v) is 39.7. The minimum Gasteiger partial charge on any atom is 0 e. The van der Waals surface area contributed by atoms with Crippen molar-refractivity contribution in [2.24, 2.45) is 0 Å². The first-order valence-electron chi connectivity index (χ1n) is 14.1. The number of hydrogen-bond donors (Lipinski definition) is 1. The SMILES string of the molecule is CC(C)(C)[Si](C)(C)O[C@@]12C=C[C@@H](O)[C@@H](C1)OC2=O.CCO[C@@H]1C=C[C@]2(O[Si](C)(C)C(C)(C)C)C[C@H]1OC2=O.II.I[I-]I.[W]. The number of aliphatic hydroxyl groups is 1. The van der Waals surface area contributed by atoms with Gasteiger partial charge < -0.3 is 28.2 Å². The van der Waals surface area contributed by atoms with Gasteiger partial charge in [0.1, 0.15) is 24.4 Å². The Morgan fingerprint density at radius 3 is 1.61 bits per heavy atom. The number of hydrogen-bond acceptors (Lipinski definition) is 8. The Bertz CT molecular complexity index is 1020. The van der Waals surface area contributed by atoms with Gasteiger partial charge in [-0.2, -0.15) is 0 Å². The van der Waals surface area contributed by atoms with Crippen molar-refractivity contribution in [1.82, 2.24) is 0 Å². The van der Waals surface area contributed by atoms with Crippen LogP contribution in [0.5, 0.6) is 0 Å². The van der Waals surface area contributed by atoms with Crippen molar-refractivity contribution in [3.8, 4) is 0 Å². The van der Waals surface area contributed by atoms with Crippen molar-refractivity contribution in [1.29, 1.82) is 0 Å². The topological polar surface area (TPSA) is 101 Å². The predicted molar refractivity (Wildman–Crippen MR) is 207 cm³/mol. The summed E-state index contributed by atoms with van der Waals surface area (Å²) in [6, 6.07) is 0. The fourth-order valence-electron chi connectivity index (χ4n) is 4.53. The van der Waals surface area contributed by atoms with Crippen LogP contribution in [0.3, 0.4) is 0 Å². The van der Waals surface area contributed by atoms with E-state index in [1.165, 1.54) is 0 Å². The molecule has 0 unspecified atom stereocenters. The molecular formula is C28H48I5O8Si2W-. The summed E-state index contributed by atoms with van der Waals surface area (Å²) in [5.41, 5.74) is -1.85. The number of carbonyl (C=O) groups excluding carboxylic acids is 2. The second kappa shape index (κ2) is 19.0. The molecule has 0 radical (unpaired) electrons. The van der Waals surface area contributed by atoms with Crippen LogP contribution < -0.4 is 13.3 Å². The largest absolute Gasteiger partial charge is 0 e. The van der Waals surface area contributed by atoms with Gasteiger partial charge in [-0.05, 0) is 55.3 Å². The fraction of sp³-hybridized carbons (Fsp3) is 0.786. The van der Waals surface area contributed by atoms with Crippen LogP contribution in [0, 0.1) is 0 Å². The van der Waals surface area contributed by atoms with Crippen LogP contribution in [0.15, 0.2) is 24.3 Å². The van der Waals surface area contributed by atoms with Gasteiger partial charge in [-0.3, -0.25) is 0 Å². The normalized spacial score (nSPS) is 30.5. The predicted octanol–water partition coefficient (Wildman–Crippen LogP) is 5.57. The summed E-state index contributed by atoms with van der Waals surface area (Å²) in [6.07, 6.45) is 6.58. The van der Waals surface area contributed by atoms with Gasteiger partial charge in [0.05, 0.1) is 0 Å². The number of ether oxygens (including phenoxy) is 3. The van der Waals surface area contributed by atoms with Gasteiger partial charge in [0.25, 0.3) is 0 Å². The van der Waals surface area contributed by atoms with Crippen LogP contribution in [-0.2, 0) is 53.7 Å². The molecule has 0 aromatic carbocycles. The Hall–Kier alpha value is 3.03. The van der Waals surface area contributed by atoms with Crippen LogP contribution in [-0.4, -0.2) is 75.9 Å². The molecule has 2 saturated heterocycles. The summed E-state index contributed by atoms with van der Waals surface area (Å²) in [5.74, 6) is -0.615. The van der Waals surface area contributed by atoms with Crippen LogP contribution in [0.1, 0.15) is 61.3 Å². The molecule has 6 atom stereocenters. The molecule has 4 aliphatic rings. The molecule has 0 spiro atoms. The van der Waals surface area contributed by atoms with Crippen LogP contribution in [0.2, 0.25) is 36.3 Å². The van der Waals surface area contributed by atoms with Gasteiger partial charge in [-0.15, -0.1) is 0 Å². The fourth-order valence-corrected chi connectivity index (χ4v) is 7.43. The molecule has 8 nitrogen and oxygen atoms in total. The van der Waals surface area contributed by atoms with Crippen LogP contribution in [0.4, 0.5) is 0 Å². The average molecular weight is 1390 g/mol. The first kappa shape index (κ1) is 47.0. The molecular weight excluding hydrogens is 1340 g/mol. The quantitative estimate of drug-likeness (QED) is 0.160. The smallest absolute Gasteiger partial charge is 0 e. The number of rotatable bonds is 6. The minimum absolute atomic E-state index is 0. The molecule has 1 N–H and O–H groups in total. The van der Waals surface area contributed by atoms with Crippen molar-refractivity contribution in [2.45, 2.75) is 133 Å². The number of esters is 2. The first-order chi connectivity index (χ1) is 19.6. The summed E-state index contributed by atoms with van der Waals surface area (Å²) < 4.78 is 28.9. The molecule has 2 aliphatic heterocycles. The van der Waals surface area contributed by atoms with E-state index in [0.29, 0.717) is 32.7 Å². The van der Waals surface area contributed by atoms with Gasteiger partial charge in [0.15, 0.2) is 27.8 Å². The third-order valence-electron chi connectivity index (χ3n) is 8.93. The monoisotopic (exact) mass is 1390 g/mol. The summed E-state index contributed by atoms with van der Waals surface area (Å²) in [5, 5.41) is 9.77. The van der Waals surface area contributed by atoms with E-state index >= 15 is 0 Å². The third kappa shape index (κ3) is 11.8. The molecule has 0 amide bonds. The molecule has 2 heterocycles. The van der Waals surface area contributed by atoms with Crippen molar-refractivity contribution in [3.63, 3.8) is 0 Å². The molecule has 4 rings (SSSR count). The van der Waals surface area contributed by atoms with E-state index in [1.54, 1.807) is 12.2 Å². The molecule has 44 heavy (non-hydrogen) atoms. The van der Waals surface area contributed by atoms with Gasteiger partial charge >= 0.3 is 62.4 Å². The van der Waals surface area contributed by atoms with E-state index in [0.717, 1.165) is 0 Å². The Morgan fingerprint density at radius 1 is 0.864 bits per heavy atom. The van der Waals surface area contributed by atoms with Gasteiger partial charge in [-0.1, -0.05) is 53.7 Å². The summed E-state index contributed by atoms with van der Waals surface area (Å²) in [7, 11) is -4.09. The zero-order chi connectivity index (χ0) is 33.7. The van der Waals surface area contributed by atoms with Crippen molar-refractivity contribution < 1.29 is 72.1 Å². The maximum atomic E-state index is 12.3. The molecule has 0 aromatic rings. The van der Waals surface area contributed by atoms with E-state index in [9.17, 15) is 14.7 Å². The molecule has 16 heteroatoms. The molecule has 0 saturated carbocycles. The van der Waals surface area contributed by atoms with Crippen molar-refractivity contribution in [2.75, 3.05) is 6.61 Å². The Morgan fingerprint density at radius 2 is 1.23 bits per heavy atom. The van der Waals surface area contributed by atoms with E-state index in [2.05, 4.69) is 142 Å². The van der Waals surface area contributed by atoms with Gasteiger partial charge in [-0.25, -0.2) is 9.59 Å². The van der Waals surface area contributed by atoms with Gasteiger partial charge in [0.2, 0.25) is 0 Å². The van der Waals surface area contributed by atoms with Crippen LogP contribution in [0.25, 0.3) is 0 Å². The first-order valence-corrected chi connectivity index (χ1v) is 38.8. The van der Waals surface area contributed by atoms with E-state index < -0.39 is 40.0 Å². The minimum atomic E-state index is -2.06. The van der Waals surface area contributed by atoms with Gasteiger partial charge in [0, 0.05) is 77.7 Å². The van der Waals surface area contributed by atoms with Crippen molar-refractivity contribution in [3.05, 3.63) is 24.3 Å². The summed E-state index contributed by atoms with van der Waals surface area (Å²) in [6.45, 7) is 24.0. The average Bonchev–Trinajstić information content (AvgIpc) is 3.29. The summed E-state index contributed by atoms with van der Waals surface area (Å²) >= 11 is 9.54. The van der Waals surface area contributed by atoms with Crippen LogP contribution >= 0.6 is 74.5 Å². The number of carbonyl (C=O) groups is 2. The standard InChI is InChI=1S/C15H26O4Si.C13H22O4Si.I3.I2.W/c1-7-17-11-8-9-15(10-12(11)18-13(15)16)19-20(5,6)14(2,3)4;1-12(2,3)18(4,5)17-13-7-6-9(14)10(8-13)16-11(13)15;1-3-2;1-2;/h8-9,11-12H,7,10H2,1-6H3;6-7,9-10,14H,8H2,1-5H3;;;/q;;-1;;/t11-,12-,15+;9-,10-,13+;;;/m11.../s1. The molecule has 2 fully saturated rings. The number of aliphatic hydroxyl groups excluding tert-OH is 1. The summed E-state index contributed by atoms with van der Waals surface area (Å²) in [4.78, 5) is 24.3. The zero-order valence-corrected chi connectivity index (χ0v) is 43.1. The van der Waals surface area contributed by atoms with Crippen molar-refractivity contribution >= 4 is 103 Å². The zero-order valence-electron chi connectivity index (χ0n) is 27.3. The number of halogens is 5. The molecule has 258 valence electrons. The molecule has 4 bridgehead atoms. The maximum absolute atomic E-state index is 12.3. The molecule has 0 aromatic heterocycles. The van der Waals surface area contributed by atoms with E-state index in [4.69, 9.17) is 23.1 Å². The van der Waals surface area contributed by atoms with E-state index in [1.807, 2.05) is 19.1 Å². The molecule has 2 aliphatic carbocycles. The Labute approximate surface area is 334 Å². The van der Waals surface area contributed by atoms with E-state index in [-0.39, 0.29) is 55.3 Å².